The first-order valence-electron chi connectivity index (χ1n) is 7.59. The number of aryl methyl sites for hydroxylation is 2. The van der Waals surface area contributed by atoms with Gasteiger partial charge in [0.1, 0.15) is 0 Å². The summed E-state index contributed by atoms with van der Waals surface area (Å²) < 4.78 is 0. The Labute approximate surface area is 116 Å². The molecule has 0 atom stereocenters. The van der Waals surface area contributed by atoms with Gasteiger partial charge in [0.25, 0.3) is 0 Å². The molecular formula is C15H26N4. The Bertz CT molecular complexity index is 384. The van der Waals surface area contributed by atoms with Crippen LogP contribution in [0.4, 0.5) is 5.95 Å². The van der Waals surface area contributed by atoms with E-state index in [0.29, 0.717) is 0 Å². The minimum absolute atomic E-state index is 0.903. The molecule has 106 valence electrons. The van der Waals surface area contributed by atoms with E-state index >= 15 is 0 Å². The van der Waals surface area contributed by atoms with Gasteiger partial charge in [-0.15, -0.1) is 0 Å². The highest BCUT2D eigenvalue weighted by atomic mass is 15.3. The largest absolute Gasteiger partial charge is 0.339 e. The first kappa shape index (κ1) is 14.3. The molecule has 0 radical (unpaired) electrons. The third kappa shape index (κ3) is 4.16. The molecule has 0 amide bonds. The molecule has 1 saturated heterocycles. The van der Waals surface area contributed by atoms with Gasteiger partial charge in [0.2, 0.25) is 5.95 Å². The van der Waals surface area contributed by atoms with Crippen LogP contribution in [-0.4, -0.2) is 36.1 Å². The zero-order valence-electron chi connectivity index (χ0n) is 12.3. The highest BCUT2D eigenvalue weighted by molar-refractivity contribution is 5.33. The quantitative estimate of drug-likeness (QED) is 0.827. The van der Waals surface area contributed by atoms with Crippen molar-refractivity contribution in [3.63, 3.8) is 0 Å². The Morgan fingerprint density at radius 2 is 2.16 bits per heavy atom. The Kier molecular flexibility index (Phi) is 5.58. The number of anilines is 1. The second-order valence-electron chi connectivity index (χ2n) is 5.33. The van der Waals surface area contributed by atoms with Gasteiger partial charge in [-0.1, -0.05) is 19.8 Å². The third-order valence-corrected chi connectivity index (χ3v) is 3.74. The van der Waals surface area contributed by atoms with E-state index in [1.807, 2.05) is 6.20 Å². The lowest BCUT2D eigenvalue weighted by molar-refractivity contribution is 0.707. The molecule has 0 bridgehead atoms. The zero-order chi connectivity index (χ0) is 13.5. The molecule has 1 aliphatic heterocycles. The Morgan fingerprint density at radius 3 is 2.95 bits per heavy atom. The lowest BCUT2D eigenvalue weighted by Crippen LogP contribution is -2.29. The number of rotatable bonds is 5. The van der Waals surface area contributed by atoms with Crippen LogP contribution < -0.4 is 10.2 Å². The maximum absolute atomic E-state index is 4.70. The molecule has 0 spiro atoms. The minimum Gasteiger partial charge on any atom is -0.339 e. The second-order valence-corrected chi connectivity index (χ2v) is 5.33. The monoisotopic (exact) mass is 262 g/mol. The van der Waals surface area contributed by atoms with Crippen molar-refractivity contribution in [2.75, 3.05) is 31.1 Å². The standard InChI is InChI=1S/C15H26N4/c1-3-4-5-7-14-12-17-15(18-13(14)2)19-10-6-8-16-9-11-19/h12,16H,3-11H2,1-2H3. The first-order valence-corrected chi connectivity index (χ1v) is 7.59. The van der Waals surface area contributed by atoms with Gasteiger partial charge in [0.15, 0.2) is 0 Å². The molecule has 19 heavy (non-hydrogen) atoms. The van der Waals surface area contributed by atoms with Crippen LogP contribution in [0.1, 0.15) is 43.9 Å². The van der Waals surface area contributed by atoms with E-state index in [0.717, 1.165) is 44.2 Å². The predicted molar refractivity (Wildman–Crippen MR) is 79.7 cm³/mol. The molecule has 0 aromatic carbocycles. The summed E-state index contributed by atoms with van der Waals surface area (Å²) in [5, 5.41) is 3.41. The van der Waals surface area contributed by atoms with Gasteiger partial charge in [0.05, 0.1) is 0 Å². The minimum atomic E-state index is 0.903. The summed E-state index contributed by atoms with van der Waals surface area (Å²) in [7, 11) is 0. The number of nitrogens with one attached hydrogen (secondary N) is 1. The molecule has 1 N–H and O–H groups in total. The molecule has 1 aromatic heterocycles. The average molecular weight is 262 g/mol. The van der Waals surface area contributed by atoms with Crippen molar-refractivity contribution in [2.24, 2.45) is 0 Å². The van der Waals surface area contributed by atoms with Gasteiger partial charge < -0.3 is 10.2 Å². The third-order valence-electron chi connectivity index (χ3n) is 3.74. The van der Waals surface area contributed by atoms with Crippen LogP contribution in [0.15, 0.2) is 6.20 Å². The van der Waals surface area contributed by atoms with Crippen molar-refractivity contribution in [1.82, 2.24) is 15.3 Å². The Hall–Kier alpha value is -1.16. The summed E-state index contributed by atoms with van der Waals surface area (Å²) in [6.07, 6.45) is 8.11. The van der Waals surface area contributed by atoms with Gasteiger partial charge in [-0.05, 0) is 38.3 Å². The van der Waals surface area contributed by atoms with Crippen molar-refractivity contribution in [3.8, 4) is 0 Å². The van der Waals surface area contributed by atoms with E-state index in [1.54, 1.807) is 0 Å². The van der Waals surface area contributed by atoms with E-state index in [-0.39, 0.29) is 0 Å². The van der Waals surface area contributed by atoms with E-state index in [1.165, 1.54) is 31.2 Å². The van der Waals surface area contributed by atoms with Gasteiger partial charge in [-0.3, -0.25) is 0 Å². The van der Waals surface area contributed by atoms with E-state index < -0.39 is 0 Å². The fraction of sp³-hybridized carbons (Fsp3) is 0.733. The maximum atomic E-state index is 4.70. The van der Waals surface area contributed by atoms with Gasteiger partial charge in [0, 0.05) is 31.5 Å². The second kappa shape index (κ2) is 7.43. The van der Waals surface area contributed by atoms with Crippen LogP contribution in [-0.2, 0) is 6.42 Å². The SMILES string of the molecule is CCCCCc1cnc(N2CCCNCC2)nc1C. The summed E-state index contributed by atoms with van der Waals surface area (Å²) in [5.41, 5.74) is 2.46. The lowest BCUT2D eigenvalue weighted by atomic mass is 10.1. The van der Waals surface area contributed by atoms with Crippen molar-refractivity contribution in [1.29, 1.82) is 0 Å². The van der Waals surface area contributed by atoms with Gasteiger partial charge in [-0.25, -0.2) is 9.97 Å². The number of aromatic nitrogens is 2. The van der Waals surface area contributed by atoms with E-state index in [9.17, 15) is 0 Å². The molecule has 1 fully saturated rings. The van der Waals surface area contributed by atoms with Crippen molar-refractivity contribution >= 4 is 5.95 Å². The summed E-state index contributed by atoms with van der Waals surface area (Å²) in [4.78, 5) is 11.6. The molecule has 0 aliphatic carbocycles. The molecule has 1 aromatic rings. The average Bonchev–Trinajstić information content (AvgIpc) is 2.70. The van der Waals surface area contributed by atoms with Crippen molar-refractivity contribution in [3.05, 3.63) is 17.5 Å². The summed E-state index contributed by atoms with van der Waals surface area (Å²) >= 11 is 0. The number of nitrogens with zero attached hydrogens (tertiary/aromatic N) is 3. The first-order chi connectivity index (χ1) is 9.31. The van der Waals surface area contributed by atoms with Crippen LogP contribution in [0.3, 0.4) is 0 Å². The summed E-state index contributed by atoms with van der Waals surface area (Å²) in [5.74, 6) is 0.903. The summed E-state index contributed by atoms with van der Waals surface area (Å²) in [6.45, 7) is 8.55. The van der Waals surface area contributed by atoms with Crippen LogP contribution in [0.2, 0.25) is 0 Å². The van der Waals surface area contributed by atoms with Crippen LogP contribution >= 0.6 is 0 Å². The van der Waals surface area contributed by atoms with E-state index in [2.05, 4.69) is 29.0 Å². The van der Waals surface area contributed by atoms with Crippen molar-refractivity contribution < 1.29 is 0 Å². The molecular weight excluding hydrogens is 236 g/mol. The topological polar surface area (TPSA) is 41.1 Å². The summed E-state index contributed by atoms with van der Waals surface area (Å²) in [6, 6.07) is 0. The molecule has 2 rings (SSSR count). The number of unbranched alkanes of at least 4 members (excludes halogenated alkanes) is 2. The van der Waals surface area contributed by atoms with Crippen LogP contribution in [0, 0.1) is 6.92 Å². The predicted octanol–water partition coefficient (Wildman–Crippen LogP) is 2.32. The zero-order valence-corrected chi connectivity index (χ0v) is 12.3. The fourth-order valence-electron chi connectivity index (χ4n) is 2.49. The van der Waals surface area contributed by atoms with Crippen LogP contribution in [0.25, 0.3) is 0 Å². The molecule has 1 aliphatic rings. The highest BCUT2D eigenvalue weighted by Gasteiger charge is 2.13. The molecule has 0 unspecified atom stereocenters. The number of hydrogen-bond donors (Lipinski definition) is 1. The normalized spacial score (nSPS) is 16.4. The Morgan fingerprint density at radius 1 is 1.26 bits per heavy atom. The molecule has 2 heterocycles. The fourth-order valence-corrected chi connectivity index (χ4v) is 2.49. The van der Waals surface area contributed by atoms with Crippen LogP contribution in [0.5, 0.6) is 0 Å². The van der Waals surface area contributed by atoms with Gasteiger partial charge >= 0.3 is 0 Å². The molecule has 4 heteroatoms. The highest BCUT2D eigenvalue weighted by Crippen LogP contribution is 2.14. The molecule has 0 saturated carbocycles. The smallest absolute Gasteiger partial charge is 0.225 e. The van der Waals surface area contributed by atoms with Crippen molar-refractivity contribution in [2.45, 2.75) is 46.0 Å². The van der Waals surface area contributed by atoms with Gasteiger partial charge in [-0.2, -0.15) is 0 Å². The maximum Gasteiger partial charge on any atom is 0.225 e. The number of hydrogen-bond acceptors (Lipinski definition) is 4. The molecule has 4 nitrogen and oxygen atoms in total. The van der Waals surface area contributed by atoms with E-state index in [4.69, 9.17) is 4.98 Å². The lowest BCUT2D eigenvalue weighted by Gasteiger charge is -2.20. The Balaban J connectivity index is 2.00.